The molecule has 0 saturated carbocycles. The van der Waals surface area contributed by atoms with Crippen molar-refractivity contribution < 1.29 is 0 Å². The van der Waals surface area contributed by atoms with Gasteiger partial charge in [-0.05, 0) is 38.3 Å². The van der Waals surface area contributed by atoms with Crippen molar-refractivity contribution in [2.24, 2.45) is 4.99 Å². The van der Waals surface area contributed by atoms with Gasteiger partial charge >= 0.3 is 0 Å². The molecule has 1 aliphatic rings. The molecule has 1 heterocycles. The molecule has 0 aromatic heterocycles. The van der Waals surface area contributed by atoms with Gasteiger partial charge in [0.05, 0.1) is 0 Å². The van der Waals surface area contributed by atoms with Gasteiger partial charge in [0.2, 0.25) is 0 Å². The first-order valence-corrected chi connectivity index (χ1v) is 9.71. The molecule has 0 amide bonds. The number of likely N-dealkylation sites (tertiary alicyclic amines) is 1. The highest BCUT2D eigenvalue weighted by Crippen LogP contribution is 2.23. The van der Waals surface area contributed by atoms with Gasteiger partial charge in [0.25, 0.3) is 0 Å². The summed E-state index contributed by atoms with van der Waals surface area (Å²) in [4.78, 5) is 7.00. The molecular weight excluding hydrogens is 308 g/mol. The van der Waals surface area contributed by atoms with E-state index in [4.69, 9.17) is 0 Å². The first-order chi connectivity index (χ1) is 11.9. The second-order valence-corrected chi connectivity index (χ2v) is 7.94. The van der Waals surface area contributed by atoms with Crippen LogP contribution in [0.5, 0.6) is 0 Å². The molecule has 140 valence electrons. The molecule has 25 heavy (non-hydrogen) atoms. The van der Waals surface area contributed by atoms with Gasteiger partial charge in [0.15, 0.2) is 5.96 Å². The van der Waals surface area contributed by atoms with E-state index in [1.807, 2.05) is 7.05 Å². The molecule has 2 N–H and O–H groups in total. The lowest BCUT2D eigenvalue weighted by Crippen LogP contribution is -2.50. The predicted octanol–water partition coefficient (Wildman–Crippen LogP) is 3.31. The fourth-order valence-corrected chi connectivity index (χ4v) is 3.48. The number of rotatable bonds is 6. The van der Waals surface area contributed by atoms with Crippen molar-refractivity contribution in [3.05, 3.63) is 35.4 Å². The minimum Gasteiger partial charge on any atom is -0.356 e. The zero-order valence-corrected chi connectivity index (χ0v) is 16.7. The van der Waals surface area contributed by atoms with Crippen LogP contribution >= 0.6 is 0 Å². The highest BCUT2D eigenvalue weighted by Gasteiger charge is 2.23. The van der Waals surface area contributed by atoms with E-state index in [0.29, 0.717) is 6.04 Å². The first kappa shape index (κ1) is 19.8. The minimum atomic E-state index is 0.0636. The van der Waals surface area contributed by atoms with Crippen molar-refractivity contribution >= 4 is 5.96 Å². The Bertz CT molecular complexity index is 557. The third-order valence-corrected chi connectivity index (χ3v) is 5.19. The van der Waals surface area contributed by atoms with Crippen LogP contribution in [0.2, 0.25) is 0 Å². The Morgan fingerprint density at radius 3 is 2.60 bits per heavy atom. The SMILES string of the molecule is CCCN1CCC(NC(=NC)NCC(C)(C)c2cccc(C)c2)CC1. The molecule has 4 nitrogen and oxygen atoms in total. The first-order valence-electron chi connectivity index (χ1n) is 9.71. The van der Waals surface area contributed by atoms with Gasteiger partial charge in [-0.2, -0.15) is 0 Å². The molecule has 1 saturated heterocycles. The molecule has 1 aromatic carbocycles. The Morgan fingerprint density at radius 1 is 1.28 bits per heavy atom. The standard InChI is InChI=1S/C21H36N4/c1-6-12-25-13-10-19(11-14-25)24-20(22-5)23-16-21(3,4)18-9-7-8-17(2)15-18/h7-9,15,19H,6,10-14,16H2,1-5H3,(H2,22,23,24). The lowest BCUT2D eigenvalue weighted by atomic mass is 9.84. The fraction of sp³-hybridized carbons (Fsp3) is 0.667. The average molecular weight is 345 g/mol. The summed E-state index contributed by atoms with van der Waals surface area (Å²) >= 11 is 0. The van der Waals surface area contributed by atoms with E-state index < -0.39 is 0 Å². The van der Waals surface area contributed by atoms with Crippen LogP contribution in [0.1, 0.15) is 51.2 Å². The van der Waals surface area contributed by atoms with Crippen molar-refractivity contribution in [2.75, 3.05) is 33.2 Å². The van der Waals surface area contributed by atoms with Crippen LogP contribution in [0.15, 0.2) is 29.3 Å². The second-order valence-electron chi connectivity index (χ2n) is 7.94. The maximum absolute atomic E-state index is 4.43. The summed E-state index contributed by atoms with van der Waals surface area (Å²) in [6.07, 6.45) is 3.64. The Morgan fingerprint density at radius 2 is 2.00 bits per heavy atom. The molecule has 1 aromatic rings. The van der Waals surface area contributed by atoms with E-state index >= 15 is 0 Å². The van der Waals surface area contributed by atoms with E-state index in [0.717, 1.165) is 12.5 Å². The Kier molecular flexibility index (Phi) is 7.30. The summed E-state index contributed by atoms with van der Waals surface area (Å²) in [6.45, 7) is 13.4. The predicted molar refractivity (Wildman–Crippen MR) is 108 cm³/mol. The van der Waals surface area contributed by atoms with Crippen molar-refractivity contribution in [2.45, 2.75) is 58.4 Å². The normalized spacial score (nSPS) is 17.6. The molecule has 1 fully saturated rings. The second kappa shape index (κ2) is 9.23. The largest absolute Gasteiger partial charge is 0.356 e. The van der Waals surface area contributed by atoms with Crippen molar-refractivity contribution in [1.29, 1.82) is 0 Å². The zero-order valence-electron chi connectivity index (χ0n) is 16.7. The maximum Gasteiger partial charge on any atom is 0.191 e. The van der Waals surface area contributed by atoms with Gasteiger partial charge in [0.1, 0.15) is 0 Å². The molecule has 0 bridgehead atoms. The van der Waals surface area contributed by atoms with Crippen LogP contribution in [0, 0.1) is 6.92 Å². The monoisotopic (exact) mass is 344 g/mol. The Balaban J connectivity index is 1.84. The van der Waals surface area contributed by atoms with Gasteiger partial charge in [-0.15, -0.1) is 0 Å². The number of nitrogens with zero attached hydrogens (tertiary/aromatic N) is 2. The Hall–Kier alpha value is -1.55. The lowest BCUT2D eigenvalue weighted by Gasteiger charge is -2.33. The Labute approximate surface area is 154 Å². The molecule has 0 aliphatic carbocycles. The topological polar surface area (TPSA) is 39.7 Å². The van der Waals surface area contributed by atoms with Crippen molar-refractivity contribution in [1.82, 2.24) is 15.5 Å². The van der Waals surface area contributed by atoms with Crippen LogP contribution in [0.4, 0.5) is 0 Å². The molecule has 1 aliphatic heterocycles. The van der Waals surface area contributed by atoms with Crippen molar-refractivity contribution in [3.63, 3.8) is 0 Å². The maximum atomic E-state index is 4.43. The summed E-state index contributed by atoms with van der Waals surface area (Å²) in [7, 11) is 1.86. The molecule has 0 spiro atoms. The number of hydrogen-bond acceptors (Lipinski definition) is 2. The summed E-state index contributed by atoms with van der Waals surface area (Å²) in [5.74, 6) is 0.926. The number of guanidine groups is 1. The van der Waals surface area contributed by atoms with Gasteiger partial charge in [0, 0.05) is 38.1 Å². The highest BCUT2D eigenvalue weighted by molar-refractivity contribution is 5.80. The number of aryl methyl sites for hydroxylation is 1. The van der Waals surface area contributed by atoms with Crippen LogP contribution < -0.4 is 10.6 Å². The van der Waals surface area contributed by atoms with E-state index in [9.17, 15) is 0 Å². The number of hydrogen-bond donors (Lipinski definition) is 2. The summed E-state index contributed by atoms with van der Waals surface area (Å²) < 4.78 is 0. The molecular formula is C21H36N4. The van der Waals surface area contributed by atoms with Gasteiger partial charge in [-0.1, -0.05) is 50.6 Å². The molecule has 0 radical (unpaired) electrons. The summed E-state index contributed by atoms with van der Waals surface area (Å²) in [6, 6.07) is 9.32. The number of benzene rings is 1. The third-order valence-electron chi connectivity index (χ3n) is 5.19. The zero-order chi connectivity index (χ0) is 18.3. The quantitative estimate of drug-likeness (QED) is 0.614. The van der Waals surface area contributed by atoms with E-state index in [1.165, 1.54) is 50.0 Å². The number of piperidine rings is 1. The van der Waals surface area contributed by atoms with E-state index in [-0.39, 0.29) is 5.41 Å². The molecule has 0 unspecified atom stereocenters. The fourth-order valence-electron chi connectivity index (χ4n) is 3.48. The minimum absolute atomic E-state index is 0.0636. The number of nitrogens with one attached hydrogen (secondary N) is 2. The molecule has 2 rings (SSSR count). The smallest absolute Gasteiger partial charge is 0.191 e. The lowest BCUT2D eigenvalue weighted by molar-refractivity contribution is 0.206. The van der Waals surface area contributed by atoms with Crippen molar-refractivity contribution in [3.8, 4) is 0 Å². The molecule has 4 heteroatoms. The van der Waals surface area contributed by atoms with Crippen LogP contribution in [-0.4, -0.2) is 50.1 Å². The number of aliphatic imine (C=N–C) groups is 1. The van der Waals surface area contributed by atoms with Crippen LogP contribution in [0.25, 0.3) is 0 Å². The summed E-state index contributed by atoms with van der Waals surface area (Å²) in [5, 5.41) is 7.15. The van der Waals surface area contributed by atoms with Gasteiger partial charge in [-0.3, -0.25) is 4.99 Å². The van der Waals surface area contributed by atoms with E-state index in [2.05, 4.69) is 72.5 Å². The van der Waals surface area contributed by atoms with Gasteiger partial charge in [-0.25, -0.2) is 0 Å². The average Bonchev–Trinajstić information content (AvgIpc) is 2.60. The molecule has 0 atom stereocenters. The summed E-state index contributed by atoms with van der Waals surface area (Å²) in [5.41, 5.74) is 2.74. The highest BCUT2D eigenvalue weighted by atomic mass is 15.2. The van der Waals surface area contributed by atoms with Crippen LogP contribution in [0.3, 0.4) is 0 Å². The third kappa shape index (κ3) is 6.03. The van der Waals surface area contributed by atoms with Crippen LogP contribution in [-0.2, 0) is 5.41 Å². The van der Waals surface area contributed by atoms with Gasteiger partial charge < -0.3 is 15.5 Å². The van der Waals surface area contributed by atoms with E-state index in [1.54, 1.807) is 0 Å².